The number of piperidine rings is 1. The molecule has 1 saturated heterocycles. The second-order valence-corrected chi connectivity index (χ2v) is 7.16. The lowest BCUT2D eigenvalue weighted by molar-refractivity contribution is -0.123. The summed E-state index contributed by atoms with van der Waals surface area (Å²) in [6.45, 7) is 4.72. The zero-order valence-electron chi connectivity index (χ0n) is 16.5. The molecular formula is C20H28N6O2. The van der Waals surface area contributed by atoms with Gasteiger partial charge in [-0.1, -0.05) is 0 Å². The number of pyridine rings is 1. The van der Waals surface area contributed by atoms with Gasteiger partial charge in [0.15, 0.2) is 0 Å². The summed E-state index contributed by atoms with van der Waals surface area (Å²) in [6, 6.07) is 4.12. The third kappa shape index (κ3) is 5.97. The number of nitrogens with one attached hydrogen (secondary N) is 2. The molecule has 8 nitrogen and oxygen atoms in total. The van der Waals surface area contributed by atoms with E-state index in [0.29, 0.717) is 24.9 Å². The van der Waals surface area contributed by atoms with Crippen LogP contribution >= 0.6 is 0 Å². The largest absolute Gasteiger partial charge is 0.383 e. The second-order valence-electron chi connectivity index (χ2n) is 7.16. The van der Waals surface area contributed by atoms with E-state index >= 15 is 0 Å². The molecule has 1 aliphatic heterocycles. The topological polar surface area (TPSA) is 92.3 Å². The van der Waals surface area contributed by atoms with Crippen molar-refractivity contribution in [2.24, 2.45) is 0 Å². The Hall–Kier alpha value is -2.58. The zero-order chi connectivity index (χ0) is 19.8. The number of hydrogen-bond donors (Lipinski definition) is 2. The number of amides is 1. The van der Waals surface area contributed by atoms with Gasteiger partial charge in [0.25, 0.3) is 0 Å². The molecule has 3 heterocycles. The van der Waals surface area contributed by atoms with Crippen molar-refractivity contribution in [1.82, 2.24) is 25.2 Å². The second kappa shape index (κ2) is 10.1. The van der Waals surface area contributed by atoms with Gasteiger partial charge >= 0.3 is 0 Å². The number of aromatic nitrogens is 3. The van der Waals surface area contributed by atoms with Crippen LogP contribution in [0.15, 0.2) is 36.9 Å². The number of carbonyl (C=O) groups excluding carboxylic acids is 1. The van der Waals surface area contributed by atoms with Gasteiger partial charge in [0.05, 0.1) is 31.2 Å². The summed E-state index contributed by atoms with van der Waals surface area (Å²) < 4.78 is 5.05. The van der Waals surface area contributed by atoms with Crippen LogP contribution in [0, 0.1) is 0 Å². The van der Waals surface area contributed by atoms with E-state index in [-0.39, 0.29) is 11.9 Å². The molecule has 1 atom stereocenters. The Labute approximate surface area is 165 Å². The molecule has 8 heteroatoms. The maximum Gasteiger partial charge on any atom is 0.234 e. The fraction of sp³-hybridized carbons (Fsp3) is 0.500. The Balaban J connectivity index is 1.45. The lowest BCUT2D eigenvalue weighted by Gasteiger charge is -2.31. The van der Waals surface area contributed by atoms with E-state index < -0.39 is 0 Å². The number of carbonyl (C=O) groups is 1. The van der Waals surface area contributed by atoms with Gasteiger partial charge in [0, 0.05) is 37.2 Å². The Kier molecular flexibility index (Phi) is 7.27. The minimum absolute atomic E-state index is 0.0354. The summed E-state index contributed by atoms with van der Waals surface area (Å²) in [5.74, 6) is 1.18. The predicted octanol–water partition coefficient (Wildman–Crippen LogP) is 1.95. The summed E-state index contributed by atoms with van der Waals surface area (Å²) in [7, 11) is 1.64. The molecule has 0 spiro atoms. The fourth-order valence-electron chi connectivity index (χ4n) is 3.43. The van der Waals surface area contributed by atoms with Crippen molar-refractivity contribution >= 4 is 17.4 Å². The van der Waals surface area contributed by atoms with Crippen LogP contribution in [0.2, 0.25) is 0 Å². The smallest absolute Gasteiger partial charge is 0.234 e. The van der Waals surface area contributed by atoms with Crippen LogP contribution in [0.1, 0.15) is 31.4 Å². The monoisotopic (exact) mass is 384 g/mol. The first-order valence-electron chi connectivity index (χ1n) is 9.63. The summed E-state index contributed by atoms with van der Waals surface area (Å²) in [4.78, 5) is 27.2. The van der Waals surface area contributed by atoms with Crippen LogP contribution in [0.4, 0.5) is 11.5 Å². The minimum atomic E-state index is 0.0354. The molecule has 1 fully saturated rings. The average Bonchev–Trinajstić information content (AvgIpc) is 2.70. The highest BCUT2D eigenvalue weighted by Crippen LogP contribution is 2.27. The van der Waals surface area contributed by atoms with E-state index in [0.717, 1.165) is 37.3 Å². The molecule has 0 saturated carbocycles. The molecule has 0 bridgehead atoms. The van der Waals surface area contributed by atoms with Gasteiger partial charge in [-0.05, 0) is 45.0 Å². The van der Waals surface area contributed by atoms with E-state index in [1.807, 2.05) is 19.2 Å². The standard InChI is InChI=1S/C20H28N6O2/c1-15(14-28-2)24-20(27)13-26-9-5-16(6-10-26)18-4-3-17(11-23-18)25-19-12-21-7-8-22-19/h3-4,7-8,11-12,15-16H,5-6,9-10,13-14H2,1-2H3,(H,22,25)(H,24,27)/t15-/m0/s1. The maximum absolute atomic E-state index is 12.1. The molecule has 2 aromatic rings. The van der Waals surface area contributed by atoms with E-state index in [1.165, 1.54) is 0 Å². The molecular weight excluding hydrogens is 356 g/mol. The van der Waals surface area contributed by atoms with Gasteiger partial charge in [-0.15, -0.1) is 0 Å². The van der Waals surface area contributed by atoms with Crippen LogP contribution in [-0.4, -0.2) is 65.2 Å². The Morgan fingerprint density at radius 1 is 1.25 bits per heavy atom. The highest BCUT2D eigenvalue weighted by atomic mass is 16.5. The Morgan fingerprint density at radius 2 is 2.07 bits per heavy atom. The number of hydrogen-bond acceptors (Lipinski definition) is 7. The molecule has 1 aliphatic rings. The predicted molar refractivity (Wildman–Crippen MR) is 107 cm³/mol. The number of rotatable bonds is 8. The fourth-order valence-corrected chi connectivity index (χ4v) is 3.43. The van der Waals surface area contributed by atoms with E-state index in [2.05, 4.69) is 36.6 Å². The zero-order valence-corrected chi connectivity index (χ0v) is 16.5. The lowest BCUT2D eigenvalue weighted by Crippen LogP contribution is -2.44. The maximum atomic E-state index is 12.1. The molecule has 0 aliphatic carbocycles. The van der Waals surface area contributed by atoms with E-state index in [9.17, 15) is 4.79 Å². The number of anilines is 2. The highest BCUT2D eigenvalue weighted by Gasteiger charge is 2.23. The quantitative estimate of drug-likeness (QED) is 0.718. The van der Waals surface area contributed by atoms with Gasteiger partial charge in [0.2, 0.25) is 5.91 Å². The summed E-state index contributed by atoms with van der Waals surface area (Å²) in [5.41, 5.74) is 1.99. The first-order valence-corrected chi connectivity index (χ1v) is 9.63. The number of nitrogens with zero attached hydrogens (tertiary/aromatic N) is 4. The molecule has 2 aromatic heterocycles. The van der Waals surface area contributed by atoms with Gasteiger partial charge in [-0.3, -0.25) is 19.7 Å². The normalized spacial score (nSPS) is 16.5. The van der Waals surface area contributed by atoms with Gasteiger partial charge in [-0.2, -0.15) is 0 Å². The van der Waals surface area contributed by atoms with Gasteiger partial charge in [0.1, 0.15) is 5.82 Å². The molecule has 0 aromatic carbocycles. The Bertz CT molecular complexity index is 732. The lowest BCUT2D eigenvalue weighted by atomic mass is 9.93. The molecule has 2 N–H and O–H groups in total. The van der Waals surface area contributed by atoms with Crippen LogP contribution in [0.25, 0.3) is 0 Å². The van der Waals surface area contributed by atoms with Crippen molar-refractivity contribution in [3.8, 4) is 0 Å². The molecule has 3 rings (SSSR count). The first-order chi connectivity index (χ1) is 13.6. The van der Waals surface area contributed by atoms with E-state index in [1.54, 1.807) is 25.7 Å². The first kappa shape index (κ1) is 20.2. The van der Waals surface area contributed by atoms with Crippen molar-refractivity contribution in [3.05, 3.63) is 42.6 Å². The summed E-state index contributed by atoms with van der Waals surface area (Å²) in [5, 5.41) is 6.15. The molecule has 1 amide bonds. The summed E-state index contributed by atoms with van der Waals surface area (Å²) in [6.07, 6.45) is 8.81. The van der Waals surface area contributed by atoms with Crippen LogP contribution < -0.4 is 10.6 Å². The van der Waals surface area contributed by atoms with Crippen molar-refractivity contribution in [2.75, 3.05) is 38.7 Å². The molecule has 28 heavy (non-hydrogen) atoms. The minimum Gasteiger partial charge on any atom is -0.383 e. The molecule has 0 unspecified atom stereocenters. The number of likely N-dealkylation sites (tertiary alicyclic amines) is 1. The third-order valence-electron chi connectivity index (χ3n) is 4.82. The van der Waals surface area contributed by atoms with Crippen molar-refractivity contribution < 1.29 is 9.53 Å². The van der Waals surface area contributed by atoms with Gasteiger partial charge < -0.3 is 15.4 Å². The number of methoxy groups -OCH3 is 1. The number of ether oxygens (including phenoxy) is 1. The van der Waals surface area contributed by atoms with Crippen molar-refractivity contribution in [3.63, 3.8) is 0 Å². The Morgan fingerprint density at radius 3 is 2.71 bits per heavy atom. The SMILES string of the molecule is COC[C@H](C)NC(=O)CN1CCC(c2ccc(Nc3cnccn3)cn2)CC1. The average molecular weight is 384 g/mol. The van der Waals surface area contributed by atoms with Crippen LogP contribution in [0.3, 0.4) is 0 Å². The van der Waals surface area contributed by atoms with E-state index in [4.69, 9.17) is 4.74 Å². The van der Waals surface area contributed by atoms with Crippen LogP contribution in [0.5, 0.6) is 0 Å². The summed E-state index contributed by atoms with van der Waals surface area (Å²) >= 11 is 0. The van der Waals surface area contributed by atoms with Crippen molar-refractivity contribution in [1.29, 1.82) is 0 Å². The van der Waals surface area contributed by atoms with Crippen LogP contribution in [-0.2, 0) is 9.53 Å². The van der Waals surface area contributed by atoms with Crippen molar-refractivity contribution in [2.45, 2.75) is 31.7 Å². The van der Waals surface area contributed by atoms with Gasteiger partial charge in [-0.25, -0.2) is 4.98 Å². The third-order valence-corrected chi connectivity index (χ3v) is 4.82. The molecule has 0 radical (unpaired) electrons. The molecule has 150 valence electrons. The highest BCUT2D eigenvalue weighted by molar-refractivity contribution is 5.78.